The van der Waals surface area contributed by atoms with Crippen molar-refractivity contribution in [3.63, 3.8) is 0 Å². The van der Waals surface area contributed by atoms with Crippen molar-refractivity contribution in [3.05, 3.63) is 69.3 Å². The maximum absolute atomic E-state index is 13.5. The van der Waals surface area contributed by atoms with Gasteiger partial charge in [-0.1, -0.05) is 44.2 Å². The van der Waals surface area contributed by atoms with Gasteiger partial charge in [-0.05, 0) is 64.8 Å². The van der Waals surface area contributed by atoms with Gasteiger partial charge in [-0.15, -0.1) is 0 Å². The first-order valence-electron chi connectivity index (χ1n) is 12.9. The molecule has 38 heavy (non-hydrogen) atoms. The standard InChI is InChI=1S/C29H37IN2O6/c1-19(2)16-27(34)32(14-12-20-8-4-6-10-24(20)37-3)23-17-21(29(36)31-13-15-33)18-26(28(23)35)38-25-11-7-5-9-22(25)30/h4-11,18-19,23,26,28,33,35H,12-17H2,1-3H3,(H,31,36)/t23-,26+,28+/m1/s1. The maximum atomic E-state index is 13.5. The fourth-order valence-electron chi connectivity index (χ4n) is 4.56. The second-order valence-electron chi connectivity index (χ2n) is 9.69. The van der Waals surface area contributed by atoms with Crippen LogP contribution in [0.15, 0.2) is 60.2 Å². The molecule has 8 nitrogen and oxygen atoms in total. The zero-order valence-electron chi connectivity index (χ0n) is 22.1. The summed E-state index contributed by atoms with van der Waals surface area (Å²) in [5.74, 6) is 0.991. The molecule has 9 heteroatoms. The molecular formula is C29H37IN2O6. The Morgan fingerprint density at radius 2 is 1.82 bits per heavy atom. The fraction of sp³-hybridized carbons (Fsp3) is 0.448. The molecular weight excluding hydrogens is 599 g/mol. The number of carbonyl (C=O) groups is 2. The number of amides is 2. The summed E-state index contributed by atoms with van der Waals surface area (Å²) >= 11 is 2.16. The van der Waals surface area contributed by atoms with Crippen LogP contribution in [0, 0.1) is 9.49 Å². The Balaban J connectivity index is 1.95. The minimum Gasteiger partial charge on any atom is -0.496 e. The molecule has 2 amide bonds. The van der Waals surface area contributed by atoms with E-state index in [9.17, 15) is 19.8 Å². The lowest BCUT2D eigenvalue weighted by atomic mass is 9.87. The van der Waals surface area contributed by atoms with Gasteiger partial charge in [-0.25, -0.2) is 0 Å². The molecule has 0 saturated heterocycles. The molecule has 0 aromatic heterocycles. The minimum atomic E-state index is -1.06. The lowest BCUT2D eigenvalue weighted by molar-refractivity contribution is -0.139. The molecule has 3 rings (SSSR count). The number of benzene rings is 2. The van der Waals surface area contributed by atoms with E-state index in [4.69, 9.17) is 9.47 Å². The smallest absolute Gasteiger partial charge is 0.247 e. The van der Waals surface area contributed by atoms with Gasteiger partial charge in [0.05, 0.1) is 23.3 Å². The van der Waals surface area contributed by atoms with E-state index in [1.54, 1.807) is 24.2 Å². The maximum Gasteiger partial charge on any atom is 0.247 e. The number of nitrogens with one attached hydrogen (secondary N) is 1. The second-order valence-corrected chi connectivity index (χ2v) is 10.9. The topological polar surface area (TPSA) is 108 Å². The van der Waals surface area contributed by atoms with E-state index in [1.807, 2.05) is 56.3 Å². The summed E-state index contributed by atoms with van der Waals surface area (Å²) < 4.78 is 12.6. The van der Waals surface area contributed by atoms with Gasteiger partial charge in [-0.2, -0.15) is 0 Å². The molecule has 0 heterocycles. The molecule has 1 aliphatic rings. The Morgan fingerprint density at radius 3 is 2.47 bits per heavy atom. The highest BCUT2D eigenvalue weighted by molar-refractivity contribution is 14.1. The Labute approximate surface area is 238 Å². The van der Waals surface area contributed by atoms with Crippen LogP contribution in [0.3, 0.4) is 0 Å². The summed E-state index contributed by atoms with van der Waals surface area (Å²) in [6.45, 7) is 4.21. The number of halogens is 1. The molecule has 3 atom stereocenters. The molecule has 0 radical (unpaired) electrons. The van der Waals surface area contributed by atoms with Crippen LogP contribution in [-0.4, -0.2) is 72.0 Å². The average Bonchev–Trinajstić information content (AvgIpc) is 2.90. The summed E-state index contributed by atoms with van der Waals surface area (Å²) in [7, 11) is 1.61. The third-order valence-corrected chi connectivity index (χ3v) is 7.32. The van der Waals surface area contributed by atoms with Crippen LogP contribution < -0.4 is 14.8 Å². The number of rotatable bonds is 12. The number of aliphatic hydroxyl groups is 2. The quantitative estimate of drug-likeness (QED) is 0.309. The summed E-state index contributed by atoms with van der Waals surface area (Å²) in [5, 5.41) is 23.4. The molecule has 0 saturated carbocycles. The van der Waals surface area contributed by atoms with Gasteiger partial charge >= 0.3 is 0 Å². The summed E-state index contributed by atoms with van der Waals surface area (Å²) in [6.07, 6.45) is 0.721. The lowest BCUT2D eigenvalue weighted by Crippen LogP contribution is -2.55. The first kappa shape index (κ1) is 29.9. The largest absolute Gasteiger partial charge is 0.496 e. The first-order valence-corrected chi connectivity index (χ1v) is 13.9. The minimum absolute atomic E-state index is 0.0935. The van der Waals surface area contributed by atoms with Crippen LogP contribution in [0.1, 0.15) is 32.3 Å². The number of nitrogens with zero attached hydrogens (tertiary/aromatic N) is 1. The Morgan fingerprint density at radius 1 is 1.13 bits per heavy atom. The molecule has 1 aliphatic carbocycles. The van der Waals surface area contributed by atoms with E-state index in [1.165, 1.54) is 0 Å². The lowest BCUT2D eigenvalue weighted by Gasteiger charge is -2.41. The number of ether oxygens (including phenoxy) is 2. The molecule has 0 bridgehead atoms. The third-order valence-electron chi connectivity index (χ3n) is 6.43. The Kier molecular flexibility index (Phi) is 11.4. The summed E-state index contributed by atoms with van der Waals surface area (Å²) in [6, 6.07) is 14.4. The van der Waals surface area contributed by atoms with E-state index in [2.05, 4.69) is 27.9 Å². The monoisotopic (exact) mass is 636 g/mol. The van der Waals surface area contributed by atoms with Crippen LogP contribution in [0.2, 0.25) is 0 Å². The average molecular weight is 637 g/mol. The normalized spacial score (nSPS) is 19.0. The summed E-state index contributed by atoms with van der Waals surface area (Å²) in [5.41, 5.74) is 1.36. The number of carbonyl (C=O) groups excluding carboxylic acids is 2. The number of hydrogen-bond acceptors (Lipinski definition) is 6. The van der Waals surface area contributed by atoms with Crippen molar-refractivity contribution in [2.75, 3.05) is 26.8 Å². The van der Waals surface area contributed by atoms with Gasteiger partial charge in [0.2, 0.25) is 11.8 Å². The molecule has 3 N–H and O–H groups in total. The number of hydrogen-bond donors (Lipinski definition) is 3. The van der Waals surface area contributed by atoms with Gasteiger partial charge in [0, 0.05) is 31.5 Å². The van der Waals surface area contributed by atoms with Crippen molar-refractivity contribution in [3.8, 4) is 11.5 Å². The van der Waals surface area contributed by atoms with E-state index >= 15 is 0 Å². The van der Waals surface area contributed by atoms with Gasteiger partial charge in [0.15, 0.2) is 0 Å². The van der Waals surface area contributed by atoms with Gasteiger partial charge < -0.3 is 29.9 Å². The molecule has 0 unspecified atom stereocenters. The van der Waals surface area contributed by atoms with Crippen molar-refractivity contribution in [2.45, 2.75) is 51.4 Å². The van der Waals surface area contributed by atoms with Crippen molar-refractivity contribution in [1.29, 1.82) is 0 Å². The molecule has 0 fully saturated rings. The highest BCUT2D eigenvalue weighted by atomic mass is 127. The fourth-order valence-corrected chi connectivity index (χ4v) is 5.07. The van der Waals surface area contributed by atoms with Gasteiger partial charge in [0.25, 0.3) is 0 Å². The highest BCUT2D eigenvalue weighted by Gasteiger charge is 2.40. The molecule has 206 valence electrons. The van der Waals surface area contributed by atoms with Crippen molar-refractivity contribution in [2.24, 2.45) is 5.92 Å². The van der Waals surface area contributed by atoms with E-state index < -0.39 is 18.2 Å². The highest BCUT2D eigenvalue weighted by Crippen LogP contribution is 2.30. The predicted molar refractivity (Wildman–Crippen MR) is 154 cm³/mol. The molecule has 2 aromatic rings. The SMILES string of the molecule is COc1ccccc1CCN(C(=O)CC(C)C)[C@@H]1CC(C(=O)NCCO)=C[C@H](Oc2ccccc2I)[C@H]1O. The molecule has 0 spiro atoms. The molecule has 0 aliphatic heterocycles. The van der Waals surface area contributed by atoms with Crippen molar-refractivity contribution in [1.82, 2.24) is 10.2 Å². The van der Waals surface area contributed by atoms with E-state index in [0.29, 0.717) is 30.7 Å². The third kappa shape index (κ3) is 7.94. The van der Waals surface area contributed by atoms with Gasteiger partial charge in [0.1, 0.15) is 23.7 Å². The summed E-state index contributed by atoms with van der Waals surface area (Å²) in [4.78, 5) is 28.2. The van der Waals surface area contributed by atoms with Crippen molar-refractivity contribution >= 4 is 34.4 Å². The number of para-hydroxylation sites is 2. The Hall–Kier alpha value is -2.63. The predicted octanol–water partition coefficient (Wildman–Crippen LogP) is 3.33. The van der Waals surface area contributed by atoms with Crippen LogP contribution >= 0.6 is 22.6 Å². The van der Waals surface area contributed by atoms with Crippen molar-refractivity contribution < 1.29 is 29.3 Å². The van der Waals surface area contributed by atoms with E-state index in [0.717, 1.165) is 14.9 Å². The number of methoxy groups -OCH3 is 1. The van der Waals surface area contributed by atoms with E-state index in [-0.39, 0.29) is 37.3 Å². The van der Waals surface area contributed by atoms with Crippen LogP contribution in [0.5, 0.6) is 11.5 Å². The van der Waals surface area contributed by atoms with Crippen LogP contribution in [0.25, 0.3) is 0 Å². The Bertz CT molecular complexity index is 1120. The number of aliphatic hydroxyl groups excluding tert-OH is 2. The molecule has 2 aromatic carbocycles. The first-order chi connectivity index (χ1) is 18.2. The van der Waals surface area contributed by atoms with Crippen LogP contribution in [-0.2, 0) is 16.0 Å². The van der Waals surface area contributed by atoms with Gasteiger partial charge in [-0.3, -0.25) is 9.59 Å². The second kappa shape index (κ2) is 14.5. The zero-order valence-corrected chi connectivity index (χ0v) is 24.3. The zero-order chi connectivity index (χ0) is 27.7. The van der Waals surface area contributed by atoms with Crippen LogP contribution in [0.4, 0.5) is 0 Å².